The van der Waals surface area contributed by atoms with Gasteiger partial charge in [0.25, 0.3) is 0 Å². The molecule has 3 nitrogen and oxygen atoms in total. The molecule has 0 unspecified atom stereocenters. The second-order valence-corrected chi connectivity index (χ2v) is 6.30. The normalized spacial score (nSPS) is 11.8. The predicted octanol–water partition coefficient (Wildman–Crippen LogP) is 2.78. The third-order valence-electron chi connectivity index (χ3n) is 2.57. The molecule has 0 aliphatic rings. The van der Waals surface area contributed by atoms with Crippen molar-refractivity contribution in [2.24, 2.45) is 0 Å². The van der Waals surface area contributed by atoms with Gasteiger partial charge in [0.05, 0.1) is 17.9 Å². The van der Waals surface area contributed by atoms with Crippen molar-refractivity contribution in [3.05, 3.63) is 35.4 Å². The smallest absolute Gasteiger partial charge is 0.212 e. The van der Waals surface area contributed by atoms with E-state index in [4.69, 9.17) is 0 Å². The number of hydrogen-bond donors (Lipinski definition) is 1. The average Bonchev–Trinajstić information content (AvgIpc) is 2.41. The highest BCUT2D eigenvalue weighted by atomic mass is 32.2. The number of sulfonamides is 1. The Bertz CT molecular complexity index is 628. The van der Waals surface area contributed by atoms with Crippen LogP contribution in [0.1, 0.15) is 30.9 Å². The summed E-state index contributed by atoms with van der Waals surface area (Å²) in [6, 6.07) is 4.59. The molecule has 0 bridgehead atoms. The average molecular weight is 319 g/mol. The molecule has 0 heterocycles. The minimum atomic E-state index is -4.42. The van der Waals surface area contributed by atoms with Crippen LogP contribution in [-0.4, -0.2) is 20.7 Å². The summed E-state index contributed by atoms with van der Waals surface area (Å²) in [4.78, 5) is 0. The first-order chi connectivity index (χ1) is 9.74. The van der Waals surface area contributed by atoms with Crippen molar-refractivity contribution in [3.8, 4) is 11.8 Å². The van der Waals surface area contributed by atoms with E-state index in [-0.39, 0.29) is 17.9 Å². The number of alkyl halides is 3. The van der Waals surface area contributed by atoms with Gasteiger partial charge in [0.1, 0.15) is 0 Å². The third kappa shape index (κ3) is 6.65. The van der Waals surface area contributed by atoms with Crippen molar-refractivity contribution in [1.82, 2.24) is 4.72 Å². The Kier molecular flexibility index (Phi) is 6.24. The van der Waals surface area contributed by atoms with Crippen molar-refractivity contribution < 1.29 is 21.6 Å². The number of rotatable bonds is 5. The summed E-state index contributed by atoms with van der Waals surface area (Å²) in [5.41, 5.74) is -0.588. The molecule has 1 rings (SSSR count). The zero-order valence-electron chi connectivity index (χ0n) is 11.5. The maximum absolute atomic E-state index is 12.5. The quantitative estimate of drug-likeness (QED) is 0.848. The van der Waals surface area contributed by atoms with E-state index in [0.29, 0.717) is 6.42 Å². The van der Waals surface area contributed by atoms with Gasteiger partial charge in [-0.25, -0.2) is 13.1 Å². The summed E-state index contributed by atoms with van der Waals surface area (Å²) in [7, 11) is -3.36. The van der Waals surface area contributed by atoms with E-state index < -0.39 is 21.8 Å². The molecular formula is C14H16F3NO2S. The number of hydrogen-bond acceptors (Lipinski definition) is 2. The van der Waals surface area contributed by atoms with Crippen molar-refractivity contribution in [3.63, 3.8) is 0 Å². The van der Waals surface area contributed by atoms with Gasteiger partial charge in [-0.3, -0.25) is 0 Å². The summed E-state index contributed by atoms with van der Waals surface area (Å²) in [5, 5.41) is 0. The van der Waals surface area contributed by atoms with Crippen LogP contribution in [0.15, 0.2) is 24.3 Å². The fourth-order valence-electron chi connectivity index (χ4n) is 1.47. The van der Waals surface area contributed by atoms with Crippen LogP contribution in [0.2, 0.25) is 0 Å². The van der Waals surface area contributed by atoms with Crippen molar-refractivity contribution in [2.45, 2.75) is 25.9 Å². The molecule has 0 aromatic heterocycles. The molecule has 0 saturated heterocycles. The number of halogens is 3. The lowest BCUT2D eigenvalue weighted by Gasteiger charge is -2.05. The summed E-state index contributed by atoms with van der Waals surface area (Å²) in [6.07, 6.45) is -3.10. The maximum Gasteiger partial charge on any atom is 0.416 e. The van der Waals surface area contributed by atoms with Gasteiger partial charge in [-0.1, -0.05) is 31.3 Å². The van der Waals surface area contributed by atoms with Crippen LogP contribution in [-0.2, 0) is 16.2 Å². The Hall–Kier alpha value is -1.52. The van der Waals surface area contributed by atoms with Crippen LogP contribution in [0, 0.1) is 11.8 Å². The van der Waals surface area contributed by atoms with E-state index in [1.54, 1.807) is 0 Å². The molecule has 0 aliphatic carbocycles. The zero-order chi connectivity index (χ0) is 15.9. The Morgan fingerprint density at radius 1 is 1.29 bits per heavy atom. The molecule has 1 aromatic rings. The zero-order valence-corrected chi connectivity index (χ0v) is 12.3. The van der Waals surface area contributed by atoms with Gasteiger partial charge in [0.15, 0.2) is 0 Å². The highest BCUT2D eigenvalue weighted by molar-refractivity contribution is 7.89. The lowest BCUT2D eigenvalue weighted by Crippen LogP contribution is -2.26. The van der Waals surface area contributed by atoms with Crippen LogP contribution in [0.3, 0.4) is 0 Å². The van der Waals surface area contributed by atoms with Crippen LogP contribution < -0.4 is 4.72 Å². The molecule has 1 aromatic carbocycles. The number of unbranched alkanes of at least 4 members (excludes halogenated alkanes) is 1. The maximum atomic E-state index is 12.5. The molecule has 0 spiro atoms. The first kappa shape index (κ1) is 17.5. The Labute approximate surface area is 122 Å². The van der Waals surface area contributed by atoms with Gasteiger partial charge in [0.2, 0.25) is 10.0 Å². The van der Waals surface area contributed by atoms with Gasteiger partial charge in [-0.15, -0.1) is 0 Å². The fraction of sp³-hybridized carbons (Fsp3) is 0.429. The van der Waals surface area contributed by atoms with Crippen molar-refractivity contribution in [1.29, 1.82) is 0 Å². The second kappa shape index (κ2) is 7.48. The van der Waals surface area contributed by atoms with Crippen LogP contribution in [0.4, 0.5) is 13.2 Å². The van der Waals surface area contributed by atoms with Gasteiger partial charge in [-0.2, -0.15) is 13.2 Å². The lowest BCUT2D eigenvalue weighted by molar-refractivity contribution is -0.137. The first-order valence-corrected chi connectivity index (χ1v) is 8.03. The van der Waals surface area contributed by atoms with E-state index in [1.807, 2.05) is 6.92 Å². The molecule has 21 heavy (non-hydrogen) atoms. The lowest BCUT2D eigenvalue weighted by atomic mass is 10.1. The van der Waals surface area contributed by atoms with E-state index in [2.05, 4.69) is 16.6 Å². The number of benzene rings is 1. The van der Waals surface area contributed by atoms with E-state index in [9.17, 15) is 21.6 Å². The molecule has 116 valence electrons. The van der Waals surface area contributed by atoms with E-state index in [0.717, 1.165) is 18.6 Å². The van der Waals surface area contributed by atoms with Crippen molar-refractivity contribution >= 4 is 10.0 Å². The fourth-order valence-corrected chi connectivity index (χ4v) is 2.58. The largest absolute Gasteiger partial charge is 0.416 e. The van der Waals surface area contributed by atoms with E-state index in [1.165, 1.54) is 12.1 Å². The highest BCUT2D eigenvalue weighted by Gasteiger charge is 2.30. The first-order valence-electron chi connectivity index (χ1n) is 6.38. The van der Waals surface area contributed by atoms with E-state index >= 15 is 0 Å². The van der Waals surface area contributed by atoms with Gasteiger partial charge in [0, 0.05) is 5.56 Å². The predicted molar refractivity (Wildman–Crippen MR) is 75.0 cm³/mol. The van der Waals surface area contributed by atoms with Gasteiger partial charge < -0.3 is 0 Å². The van der Waals surface area contributed by atoms with Gasteiger partial charge >= 0.3 is 6.18 Å². The Balaban J connectivity index is 2.64. The minimum absolute atomic E-state index is 0.0226. The highest BCUT2D eigenvalue weighted by Crippen LogP contribution is 2.29. The Morgan fingerprint density at radius 3 is 2.62 bits per heavy atom. The summed E-state index contributed by atoms with van der Waals surface area (Å²) < 4.78 is 62.7. The molecule has 0 aliphatic heterocycles. The molecule has 0 saturated carbocycles. The summed E-state index contributed by atoms with van der Waals surface area (Å²) in [6.45, 7) is 1.76. The molecule has 0 amide bonds. The Morgan fingerprint density at radius 2 is 2.00 bits per heavy atom. The molecule has 0 fully saturated rings. The monoisotopic (exact) mass is 319 g/mol. The molecular weight excluding hydrogens is 303 g/mol. The molecule has 0 radical (unpaired) electrons. The minimum Gasteiger partial charge on any atom is -0.212 e. The summed E-state index contributed by atoms with van der Waals surface area (Å²) in [5.74, 6) is 5.04. The third-order valence-corrected chi connectivity index (χ3v) is 3.98. The number of nitrogens with one attached hydrogen (secondary N) is 1. The van der Waals surface area contributed by atoms with Gasteiger partial charge in [-0.05, 0) is 24.6 Å². The molecule has 1 N–H and O–H groups in total. The standard InChI is InChI=1S/C14H16F3NO2S/c1-2-3-10-21(19,20)18-9-5-7-12-6-4-8-13(11-12)14(15,16)17/h4,6,8,11,18H,2-3,9-10H2,1H3. The topological polar surface area (TPSA) is 46.2 Å². The SMILES string of the molecule is CCCCS(=O)(=O)NCC#Cc1cccc(C(F)(F)F)c1. The van der Waals surface area contributed by atoms with Crippen LogP contribution in [0.5, 0.6) is 0 Å². The summed E-state index contributed by atoms with van der Waals surface area (Å²) >= 11 is 0. The van der Waals surface area contributed by atoms with Crippen molar-refractivity contribution in [2.75, 3.05) is 12.3 Å². The molecule has 7 heteroatoms. The molecule has 0 atom stereocenters. The second-order valence-electron chi connectivity index (χ2n) is 4.37. The van der Waals surface area contributed by atoms with Crippen LogP contribution in [0.25, 0.3) is 0 Å². The van der Waals surface area contributed by atoms with Crippen LogP contribution >= 0.6 is 0 Å².